The van der Waals surface area contributed by atoms with Gasteiger partial charge in [-0.3, -0.25) is 0 Å². The molecular weight excluding hydrogens is 408 g/mol. The minimum Gasteiger partial charge on any atom is -0.0654 e. The minimum atomic E-state index is 0.940. The summed E-state index contributed by atoms with van der Waals surface area (Å²) in [7, 11) is 0. The SMILES string of the molecule is CCCCCCCCCCCCCCC(C)CCCC(C)CCCC(C)CCCC(C)CCC. The largest absolute Gasteiger partial charge is 0.0654 e. The third kappa shape index (κ3) is 25.1. The molecule has 4 unspecified atom stereocenters. The average molecular weight is 479 g/mol. The first-order chi connectivity index (χ1) is 16.5. The molecule has 0 heterocycles. The summed E-state index contributed by atoms with van der Waals surface area (Å²) in [5, 5.41) is 0. The van der Waals surface area contributed by atoms with Crippen LogP contribution in [-0.4, -0.2) is 0 Å². The van der Waals surface area contributed by atoms with E-state index in [1.807, 2.05) is 0 Å². The molecule has 0 aliphatic heterocycles. The monoisotopic (exact) mass is 479 g/mol. The van der Waals surface area contributed by atoms with Gasteiger partial charge >= 0.3 is 0 Å². The van der Waals surface area contributed by atoms with Gasteiger partial charge in [0.2, 0.25) is 0 Å². The van der Waals surface area contributed by atoms with Crippen LogP contribution in [0.5, 0.6) is 0 Å². The zero-order valence-corrected chi connectivity index (χ0v) is 25.3. The topological polar surface area (TPSA) is 0 Å². The Balaban J connectivity index is 3.42. The average Bonchev–Trinajstić information content (AvgIpc) is 2.80. The van der Waals surface area contributed by atoms with E-state index in [0.29, 0.717) is 0 Å². The van der Waals surface area contributed by atoms with Crippen LogP contribution in [-0.2, 0) is 0 Å². The van der Waals surface area contributed by atoms with Gasteiger partial charge in [-0.25, -0.2) is 0 Å². The molecule has 0 N–H and O–H groups in total. The molecule has 0 fully saturated rings. The predicted octanol–water partition coefficient (Wildman–Crippen LogP) is 12.9. The molecule has 0 heteroatoms. The Morgan fingerprint density at radius 2 is 0.529 bits per heavy atom. The summed E-state index contributed by atoms with van der Waals surface area (Å²) >= 11 is 0. The lowest BCUT2D eigenvalue weighted by atomic mass is 9.90. The predicted molar refractivity (Wildman–Crippen MR) is 159 cm³/mol. The van der Waals surface area contributed by atoms with Gasteiger partial charge < -0.3 is 0 Å². The Labute approximate surface area is 219 Å². The first-order valence-corrected chi connectivity index (χ1v) is 16.5. The summed E-state index contributed by atoms with van der Waals surface area (Å²) in [4.78, 5) is 0. The molecule has 0 rings (SSSR count). The molecule has 0 bridgehead atoms. The first-order valence-electron chi connectivity index (χ1n) is 16.5. The van der Waals surface area contributed by atoms with Crippen molar-refractivity contribution in [2.45, 2.75) is 196 Å². The van der Waals surface area contributed by atoms with Crippen LogP contribution < -0.4 is 0 Å². The summed E-state index contributed by atoms with van der Waals surface area (Å²) in [6.07, 6.45) is 35.0. The van der Waals surface area contributed by atoms with Crippen molar-refractivity contribution in [1.29, 1.82) is 0 Å². The Kier molecular flexibility index (Phi) is 26.1. The fourth-order valence-electron chi connectivity index (χ4n) is 5.85. The van der Waals surface area contributed by atoms with Crippen LogP contribution in [0.1, 0.15) is 196 Å². The normalized spacial score (nSPS) is 15.4. The van der Waals surface area contributed by atoms with E-state index in [-0.39, 0.29) is 0 Å². The Morgan fingerprint density at radius 3 is 0.853 bits per heavy atom. The van der Waals surface area contributed by atoms with Crippen LogP contribution in [0.15, 0.2) is 0 Å². The Hall–Kier alpha value is 0. The molecular formula is C34H70. The first kappa shape index (κ1) is 34.0. The third-order valence-electron chi connectivity index (χ3n) is 8.51. The molecule has 4 atom stereocenters. The van der Waals surface area contributed by atoms with E-state index in [1.54, 1.807) is 0 Å². The molecule has 0 nitrogen and oxygen atoms in total. The van der Waals surface area contributed by atoms with Crippen molar-refractivity contribution in [1.82, 2.24) is 0 Å². The number of unbranched alkanes of at least 4 members (excludes halogenated alkanes) is 11. The second kappa shape index (κ2) is 26.1. The molecule has 0 saturated carbocycles. The molecule has 0 saturated heterocycles. The van der Waals surface area contributed by atoms with Gasteiger partial charge in [0.25, 0.3) is 0 Å². The van der Waals surface area contributed by atoms with E-state index in [4.69, 9.17) is 0 Å². The van der Waals surface area contributed by atoms with Crippen molar-refractivity contribution in [2.24, 2.45) is 23.7 Å². The number of hydrogen-bond donors (Lipinski definition) is 0. The maximum absolute atomic E-state index is 2.51. The van der Waals surface area contributed by atoms with Crippen molar-refractivity contribution in [3.05, 3.63) is 0 Å². The summed E-state index contributed by atoms with van der Waals surface area (Å²) in [6, 6.07) is 0. The third-order valence-corrected chi connectivity index (χ3v) is 8.51. The smallest absolute Gasteiger partial charge is 0.0443 e. The van der Waals surface area contributed by atoms with E-state index < -0.39 is 0 Å². The maximum atomic E-state index is 2.51. The minimum absolute atomic E-state index is 0.940. The lowest BCUT2D eigenvalue weighted by molar-refractivity contribution is 0.366. The lowest BCUT2D eigenvalue weighted by Gasteiger charge is -2.16. The number of hydrogen-bond acceptors (Lipinski definition) is 0. The van der Waals surface area contributed by atoms with Crippen molar-refractivity contribution < 1.29 is 0 Å². The van der Waals surface area contributed by atoms with Gasteiger partial charge in [-0.15, -0.1) is 0 Å². The van der Waals surface area contributed by atoms with Crippen molar-refractivity contribution in [2.75, 3.05) is 0 Å². The number of rotatable bonds is 27. The molecule has 34 heavy (non-hydrogen) atoms. The molecule has 0 spiro atoms. The fourth-order valence-corrected chi connectivity index (χ4v) is 5.85. The van der Waals surface area contributed by atoms with Crippen LogP contribution in [0.25, 0.3) is 0 Å². The molecule has 0 amide bonds. The van der Waals surface area contributed by atoms with Crippen molar-refractivity contribution >= 4 is 0 Å². The van der Waals surface area contributed by atoms with E-state index in [1.165, 1.54) is 154 Å². The highest BCUT2D eigenvalue weighted by atomic mass is 14.1. The molecule has 0 aromatic rings. The van der Waals surface area contributed by atoms with Gasteiger partial charge in [0.15, 0.2) is 0 Å². The summed E-state index contributed by atoms with van der Waals surface area (Å²) in [5.41, 5.74) is 0. The summed E-state index contributed by atoms with van der Waals surface area (Å²) < 4.78 is 0. The summed E-state index contributed by atoms with van der Waals surface area (Å²) in [6.45, 7) is 14.6. The second-order valence-corrected chi connectivity index (χ2v) is 12.7. The quantitative estimate of drug-likeness (QED) is 0.103. The van der Waals surface area contributed by atoms with E-state index in [9.17, 15) is 0 Å². The van der Waals surface area contributed by atoms with Crippen molar-refractivity contribution in [3.63, 3.8) is 0 Å². The summed E-state index contributed by atoms with van der Waals surface area (Å²) in [5.74, 6) is 3.77. The molecule has 0 aliphatic carbocycles. The van der Waals surface area contributed by atoms with Gasteiger partial charge in [-0.05, 0) is 23.7 Å². The van der Waals surface area contributed by atoms with Crippen LogP contribution in [0.3, 0.4) is 0 Å². The van der Waals surface area contributed by atoms with Crippen LogP contribution in [0.2, 0.25) is 0 Å². The van der Waals surface area contributed by atoms with Crippen LogP contribution >= 0.6 is 0 Å². The highest BCUT2D eigenvalue weighted by molar-refractivity contribution is 4.62. The van der Waals surface area contributed by atoms with E-state index in [0.717, 1.165) is 23.7 Å². The fraction of sp³-hybridized carbons (Fsp3) is 1.00. The molecule has 0 aliphatic rings. The maximum Gasteiger partial charge on any atom is -0.0443 e. The zero-order chi connectivity index (χ0) is 25.3. The Bertz CT molecular complexity index is 372. The molecule has 0 radical (unpaired) electrons. The second-order valence-electron chi connectivity index (χ2n) is 12.7. The molecule has 0 aromatic heterocycles. The molecule has 206 valence electrons. The van der Waals surface area contributed by atoms with Gasteiger partial charge in [-0.1, -0.05) is 196 Å². The highest BCUT2D eigenvalue weighted by Crippen LogP contribution is 2.24. The van der Waals surface area contributed by atoms with Gasteiger partial charge in [-0.2, -0.15) is 0 Å². The van der Waals surface area contributed by atoms with E-state index >= 15 is 0 Å². The van der Waals surface area contributed by atoms with Gasteiger partial charge in [0.05, 0.1) is 0 Å². The molecule has 0 aromatic carbocycles. The van der Waals surface area contributed by atoms with E-state index in [2.05, 4.69) is 41.5 Å². The zero-order valence-electron chi connectivity index (χ0n) is 25.3. The van der Waals surface area contributed by atoms with Crippen molar-refractivity contribution in [3.8, 4) is 0 Å². The van der Waals surface area contributed by atoms with Gasteiger partial charge in [0.1, 0.15) is 0 Å². The van der Waals surface area contributed by atoms with Crippen LogP contribution in [0.4, 0.5) is 0 Å². The Morgan fingerprint density at radius 1 is 0.265 bits per heavy atom. The standard InChI is InChI=1S/C34H70/c1-7-9-10-11-12-13-14-15-16-17-18-19-24-32(4)26-21-28-34(6)30-22-29-33(5)27-20-25-31(3)23-8-2/h31-34H,7-30H2,1-6H3. The van der Waals surface area contributed by atoms with Gasteiger partial charge in [0, 0.05) is 0 Å². The highest BCUT2D eigenvalue weighted by Gasteiger charge is 2.09. The lowest BCUT2D eigenvalue weighted by Crippen LogP contribution is -2.02. The van der Waals surface area contributed by atoms with Crippen LogP contribution in [0, 0.1) is 23.7 Å².